The fourth-order valence-electron chi connectivity index (χ4n) is 2.35. The lowest BCUT2D eigenvalue weighted by Gasteiger charge is -2.20. The molecule has 19 heavy (non-hydrogen) atoms. The number of aromatic nitrogens is 2. The Balaban J connectivity index is 2.89. The van der Waals surface area contributed by atoms with Crippen LogP contribution in [0.1, 0.15) is 64.5 Å². The molecule has 0 aliphatic carbocycles. The lowest BCUT2D eigenvalue weighted by Crippen LogP contribution is -2.22. The Morgan fingerprint density at radius 2 is 1.89 bits per heavy atom. The minimum atomic E-state index is -0.100. The minimum absolute atomic E-state index is 0.0437. The zero-order valence-electron chi connectivity index (χ0n) is 13.3. The van der Waals surface area contributed by atoms with E-state index in [0.29, 0.717) is 6.61 Å². The van der Waals surface area contributed by atoms with Gasteiger partial charge in [0, 0.05) is 17.3 Å². The summed E-state index contributed by atoms with van der Waals surface area (Å²) in [5.74, 6) is 0. The number of rotatable bonds is 6. The van der Waals surface area contributed by atoms with Crippen LogP contribution in [0.3, 0.4) is 0 Å². The van der Waals surface area contributed by atoms with Gasteiger partial charge in [-0.15, -0.1) is 0 Å². The second kappa shape index (κ2) is 6.53. The summed E-state index contributed by atoms with van der Waals surface area (Å²) in [5.41, 5.74) is 9.60. The molecule has 0 aliphatic rings. The number of hydrogen-bond donors (Lipinski definition) is 1. The van der Waals surface area contributed by atoms with Gasteiger partial charge in [-0.05, 0) is 40.5 Å². The van der Waals surface area contributed by atoms with Gasteiger partial charge in [0.05, 0.1) is 24.4 Å². The molecule has 0 amide bonds. The zero-order chi connectivity index (χ0) is 14.6. The van der Waals surface area contributed by atoms with Crippen LogP contribution in [-0.2, 0) is 24.1 Å². The Kier molecular flexibility index (Phi) is 5.56. The van der Waals surface area contributed by atoms with E-state index in [4.69, 9.17) is 15.6 Å². The molecule has 0 fully saturated rings. The van der Waals surface area contributed by atoms with Crippen molar-refractivity contribution in [2.24, 2.45) is 5.73 Å². The lowest BCUT2D eigenvalue weighted by atomic mass is 10.0. The predicted octanol–water partition coefficient (Wildman–Crippen LogP) is 2.84. The van der Waals surface area contributed by atoms with Crippen molar-refractivity contribution in [1.82, 2.24) is 9.78 Å². The number of hydrogen-bond acceptors (Lipinski definition) is 3. The van der Waals surface area contributed by atoms with Crippen LogP contribution in [0.4, 0.5) is 0 Å². The SMILES string of the molecule is CCc1nn(CCOC(C)(C)C)c(CC)c1C(C)N. The van der Waals surface area contributed by atoms with Crippen molar-refractivity contribution in [3.05, 3.63) is 17.0 Å². The van der Waals surface area contributed by atoms with Gasteiger partial charge in [-0.1, -0.05) is 13.8 Å². The monoisotopic (exact) mass is 267 g/mol. The van der Waals surface area contributed by atoms with E-state index in [1.165, 1.54) is 11.3 Å². The van der Waals surface area contributed by atoms with Crippen LogP contribution in [0.15, 0.2) is 0 Å². The molecule has 0 aliphatic heterocycles. The fraction of sp³-hybridized carbons (Fsp3) is 0.800. The molecular formula is C15H29N3O. The van der Waals surface area contributed by atoms with E-state index in [1.54, 1.807) is 0 Å². The smallest absolute Gasteiger partial charge is 0.0672 e. The van der Waals surface area contributed by atoms with Crippen LogP contribution in [-0.4, -0.2) is 22.0 Å². The molecule has 0 saturated carbocycles. The van der Waals surface area contributed by atoms with Gasteiger partial charge in [-0.2, -0.15) is 5.10 Å². The average molecular weight is 267 g/mol. The molecular weight excluding hydrogens is 238 g/mol. The molecule has 1 heterocycles. The highest BCUT2D eigenvalue weighted by molar-refractivity contribution is 5.29. The fourth-order valence-corrected chi connectivity index (χ4v) is 2.35. The maximum atomic E-state index is 6.09. The van der Waals surface area contributed by atoms with Gasteiger partial charge >= 0.3 is 0 Å². The molecule has 1 rings (SSSR count). The maximum absolute atomic E-state index is 6.09. The highest BCUT2D eigenvalue weighted by Gasteiger charge is 2.18. The van der Waals surface area contributed by atoms with Crippen LogP contribution in [0.2, 0.25) is 0 Å². The third kappa shape index (κ3) is 4.32. The molecule has 1 unspecified atom stereocenters. The van der Waals surface area contributed by atoms with Gasteiger partial charge in [0.2, 0.25) is 0 Å². The first-order valence-corrected chi connectivity index (χ1v) is 7.28. The third-order valence-corrected chi connectivity index (χ3v) is 3.14. The van der Waals surface area contributed by atoms with Gasteiger partial charge < -0.3 is 10.5 Å². The van der Waals surface area contributed by atoms with Crippen LogP contribution in [0.5, 0.6) is 0 Å². The standard InChI is InChI=1S/C15H29N3O/c1-7-12-14(11(3)16)13(8-2)18(17-12)9-10-19-15(4,5)6/h11H,7-10,16H2,1-6H3. The molecule has 0 spiro atoms. The number of ether oxygens (including phenoxy) is 1. The highest BCUT2D eigenvalue weighted by Crippen LogP contribution is 2.22. The molecule has 4 heteroatoms. The van der Waals surface area contributed by atoms with E-state index in [-0.39, 0.29) is 11.6 Å². The quantitative estimate of drug-likeness (QED) is 0.862. The van der Waals surface area contributed by atoms with Crippen molar-refractivity contribution >= 4 is 0 Å². The summed E-state index contributed by atoms with van der Waals surface area (Å²) in [6.45, 7) is 14.0. The molecule has 0 radical (unpaired) electrons. The van der Waals surface area contributed by atoms with Gasteiger partial charge in [0.25, 0.3) is 0 Å². The summed E-state index contributed by atoms with van der Waals surface area (Å²) >= 11 is 0. The summed E-state index contributed by atoms with van der Waals surface area (Å²) in [7, 11) is 0. The Labute approximate surface area is 117 Å². The van der Waals surface area contributed by atoms with Crippen molar-refractivity contribution in [3.63, 3.8) is 0 Å². The molecule has 4 nitrogen and oxygen atoms in total. The Morgan fingerprint density at radius 1 is 1.26 bits per heavy atom. The first-order chi connectivity index (χ1) is 8.80. The van der Waals surface area contributed by atoms with Crippen molar-refractivity contribution in [3.8, 4) is 0 Å². The summed E-state index contributed by atoms with van der Waals surface area (Å²) in [4.78, 5) is 0. The van der Waals surface area contributed by atoms with Crippen molar-refractivity contribution in [2.75, 3.05) is 6.61 Å². The van der Waals surface area contributed by atoms with Crippen LogP contribution >= 0.6 is 0 Å². The summed E-state index contributed by atoms with van der Waals surface area (Å²) in [6, 6.07) is 0.0437. The first-order valence-electron chi connectivity index (χ1n) is 7.28. The Morgan fingerprint density at radius 3 is 2.32 bits per heavy atom. The second-order valence-electron chi connectivity index (χ2n) is 5.99. The maximum Gasteiger partial charge on any atom is 0.0672 e. The van der Waals surface area contributed by atoms with Gasteiger partial charge in [-0.25, -0.2) is 0 Å². The molecule has 1 atom stereocenters. The number of nitrogens with two attached hydrogens (primary N) is 1. The van der Waals surface area contributed by atoms with Crippen molar-refractivity contribution in [1.29, 1.82) is 0 Å². The van der Waals surface area contributed by atoms with Crippen LogP contribution in [0.25, 0.3) is 0 Å². The van der Waals surface area contributed by atoms with E-state index in [0.717, 1.165) is 25.1 Å². The van der Waals surface area contributed by atoms with Crippen molar-refractivity contribution < 1.29 is 4.74 Å². The lowest BCUT2D eigenvalue weighted by molar-refractivity contribution is -0.00817. The van der Waals surface area contributed by atoms with E-state index in [2.05, 4.69) is 39.3 Å². The molecule has 2 N–H and O–H groups in total. The van der Waals surface area contributed by atoms with Gasteiger partial charge in [-0.3, -0.25) is 4.68 Å². The summed E-state index contributed by atoms with van der Waals surface area (Å²) in [6.07, 6.45) is 1.89. The molecule has 110 valence electrons. The largest absolute Gasteiger partial charge is 0.374 e. The number of aryl methyl sites for hydroxylation is 1. The topological polar surface area (TPSA) is 53.1 Å². The molecule has 0 aromatic carbocycles. The van der Waals surface area contributed by atoms with E-state index in [9.17, 15) is 0 Å². The predicted molar refractivity (Wildman–Crippen MR) is 79.3 cm³/mol. The van der Waals surface area contributed by atoms with Gasteiger partial charge in [0.15, 0.2) is 0 Å². The van der Waals surface area contributed by atoms with Crippen LogP contribution < -0.4 is 5.73 Å². The second-order valence-corrected chi connectivity index (χ2v) is 5.99. The third-order valence-electron chi connectivity index (χ3n) is 3.14. The Hall–Kier alpha value is -0.870. The summed E-state index contributed by atoms with van der Waals surface area (Å²) < 4.78 is 7.86. The van der Waals surface area contributed by atoms with E-state index >= 15 is 0 Å². The summed E-state index contributed by atoms with van der Waals surface area (Å²) in [5, 5.41) is 4.70. The molecule has 1 aromatic rings. The Bertz CT molecular complexity index is 402. The highest BCUT2D eigenvalue weighted by atomic mass is 16.5. The van der Waals surface area contributed by atoms with Crippen LogP contribution in [0, 0.1) is 0 Å². The molecule has 1 aromatic heterocycles. The van der Waals surface area contributed by atoms with Crippen molar-refractivity contribution in [2.45, 2.75) is 72.6 Å². The van der Waals surface area contributed by atoms with Gasteiger partial charge in [0.1, 0.15) is 0 Å². The average Bonchev–Trinajstić information content (AvgIpc) is 2.65. The van der Waals surface area contributed by atoms with E-state index < -0.39 is 0 Å². The number of nitrogens with zero attached hydrogens (tertiary/aromatic N) is 2. The minimum Gasteiger partial charge on any atom is -0.374 e. The molecule has 0 bridgehead atoms. The normalized spacial score (nSPS) is 13.8. The van der Waals surface area contributed by atoms with E-state index in [1.807, 2.05) is 6.92 Å². The molecule has 0 saturated heterocycles. The zero-order valence-corrected chi connectivity index (χ0v) is 13.3. The first kappa shape index (κ1) is 16.2.